The second kappa shape index (κ2) is 7.06. The maximum atomic E-state index is 14.2. The molecule has 1 saturated heterocycles. The van der Waals surface area contributed by atoms with Gasteiger partial charge in [0.25, 0.3) is 0 Å². The number of anilines is 1. The molecule has 148 valence electrons. The molecule has 2 heterocycles. The van der Waals surface area contributed by atoms with Crippen molar-refractivity contribution in [1.29, 1.82) is 0 Å². The van der Waals surface area contributed by atoms with Gasteiger partial charge in [-0.15, -0.1) is 0 Å². The van der Waals surface area contributed by atoms with Crippen LogP contribution in [0.25, 0.3) is 10.2 Å². The van der Waals surface area contributed by atoms with Crippen molar-refractivity contribution in [2.45, 2.75) is 24.6 Å². The Kier molecular flexibility index (Phi) is 4.98. The zero-order valence-electron chi connectivity index (χ0n) is 14.6. The van der Waals surface area contributed by atoms with E-state index in [0.717, 1.165) is 15.8 Å². The van der Waals surface area contributed by atoms with Crippen LogP contribution < -0.4 is 10.6 Å². The summed E-state index contributed by atoms with van der Waals surface area (Å²) in [6, 6.07) is 9.75. The van der Waals surface area contributed by atoms with Gasteiger partial charge in [-0.1, -0.05) is 46.7 Å². The molecule has 3 nitrogen and oxygen atoms in total. The molecule has 3 aromatic rings. The van der Waals surface area contributed by atoms with Gasteiger partial charge in [-0.05, 0) is 41.8 Å². The summed E-state index contributed by atoms with van der Waals surface area (Å²) in [5.41, 5.74) is 5.50. The van der Waals surface area contributed by atoms with Gasteiger partial charge < -0.3 is 10.6 Å². The maximum absolute atomic E-state index is 14.2. The number of hydrogen-bond donors (Lipinski definition) is 1. The topological polar surface area (TPSA) is 42.1 Å². The van der Waals surface area contributed by atoms with E-state index in [-0.39, 0.29) is 35.1 Å². The highest BCUT2D eigenvalue weighted by Crippen LogP contribution is 2.50. The molecule has 2 N–H and O–H groups in total. The number of hydrogen-bond acceptors (Lipinski definition) is 4. The van der Waals surface area contributed by atoms with Crippen molar-refractivity contribution in [2.24, 2.45) is 5.73 Å². The van der Waals surface area contributed by atoms with E-state index in [0.29, 0.717) is 11.7 Å². The molecule has 0 saturated carbocycles. The summed E-state index contributed by atoms with van der Waals surface area (Å²) in [5, 5.41) is 0.949. The summed E-state index contributed by atoms with van der Waals surface area (Å²) in [7, 11) is 0. The van der Waals surface area contributed by atoms with Crippen molar-refractivity contribution in [1.82, 2.24) is 4.98 Å². The quantitative estimate of drug-likeness (QED) is 0.555. The molecule has 1 aliphatic rings. The minimum Gasteiger partial charge on any atom is -0.347 e. The Labute approximate surface area is 173 Å². The number of halogens is 5. The third kappa shape index (κ3) is 3.24. The highest BCUT2D eigenvalue weighted by molar-refractivity contribution is 7.22. The molecule has 1 atom stereocenters. The van der Waals surface area contributed by atoms with Crippen molar-refractivity contribution in [3.8, 4) is 0 Å². The predicted molar refractivity (Wildman–Crippen MR) is 109 cm³/mol. The first-order valence-corrected chi connectivity index (χ1v) is 10.2. The van der Waals surface area contributed by atoms with Crippen molar-refractivity contribution < 1.29 is 13.2 Å². The number of thiazole rings is 1. The average molecular weight is 446 g/mol. The maximum Gasteiger partial charge on any atom is 0.400 e. The van der Waals surface area contributed by atoms with E-state index in [1.54, 1.807) is 4.90 Å². The standard InChI is InChI=1S/C19H16Cl2F3N3S/c20-13-6-12(7-14(21)8-13)18(19(22,23)24)4-5-27(10-18)17-26-15-3-1-2-11(9-25)16(15)28-17/h1-3,6-8H,4-5,9-10,25H2. The number of rotatable bonds is 3. The molecule has 1 fully saturated rings. The zero-order chi connectivity index (χ0) is 20.1. The fraction of sp³-hybridized carbons (Fsp3) is 0.316. The molecular formula is C19H16Cl2F3N3S. The molecule has 0 aliphatic carbocycles. The summed E-state index contributed by atoms with van der Waals surface area (Å²) in [4.78, 5) is 6.24. The van der Waals surface area contributed by atoms with Gasteiger partial charge in [-0.3, -0.25) is 0 Å². The summed E-state index contributed by atoms with van der Waals surface area (Å²) in [6.07, 6.45) is -4.54. The van der Waals surface area contributed by atoms with E-state index >= 15 is 0 Å². The molecule has 4 rings (SSSR count). The minimum atomic E-state index is -4.45. The van der Waals surface area contributed by atoms with E-state index in [1.165, 1.54) is 29.5 Å². The van der Waals surface area contributed by atoms with Crippen LogP contribution in [0.5, 0.6) is 0 Å². The average Bonchev–Trinajstić information content (AvgIpc) is 3.25. The molecule has 0 bridgehead atoms. The number of aromatic nitrogens is 1. The van der Waals surface area contributed by atoms with Crippen molar-refractivity contribution in [3.63, 3.8) is 0 Å². The van der Waals surface area contributed by atoms with Gasteiger partial charge in [-0.2, -0.15) is 13.2 Å². The Morgan fingerprint density at radius 3 is 2.54 bits per heavy atom. The van der Waals surface area contributed by atoms with Crippen LogP contribution in [0.2, 0.25) is 10.0 Å². The van der Waals surface area contributed by atoms with Crippen LogP contribution in [0.15, 0.2) is 36.4 Å². The predicted octanol–water partition coefficient (Wildman–Crippen LogP) is 5.77. The largest absolute Gasteiger partial charge is 0.400 e. The zero-order valence-corrected chi connectivity index (χ0v) is 16.9. The Bertz CT molecular complexity index is 1020. The second-order valence-corrected chi connectivity index (χ2v) is 8.73. The van der Waals surface area contributed by atoms with Crippen LogP contribution >= 0.6 is 34.5 Å². The second-order valence-electron chi connectivity index (χ2n) is 6.88. The Balaban J connectivity index is 1.75. The molecule has 1 aliphatic heterocycles. The number of benzene rings is 2. The van der Waals surface area contributed by atoms with E-state index in [4.69, 9.17) is 28.9 Å². The minimum absolute atomic E-state index is 0.0868. The first-order valence-electron chi connectivity index (χ1n) is 8.60. The van der Waals surface area contributed by atoms with Crippen molar-refractivity contribution in [3.05, 3.63) is 57.6 Å². The Morgan fingerprint density at radius 1 is 1.18 bits per heavy atom. The van der Waals surface area contributed by atoms with E-state index in [1.807, 2.05) is 18.2 Å². The fourth-order valence-corrected chi connectivity index (χ4v) is 5.36. The SMILES string of the molecule is NCc1cccc2nc(N3CCC(c4cc(Cl)cc(Cl)c4)(C(F)(F)F)C3)sc12. The summed E-state index contributed by atoms with van der Waals surface area (Å²) in [5.74, 6) is 0. The van der Waals surface area contributed by atoms with Crippen LogP contribution in [0, 0.1) is 0 Å². The van der Waals surface area contributed by atoms with Gasteiger partial charge in [0.15, 0.2) is 5.13 Å². The Morgan fingerprint density at radius 2 is 1.89 bits per heavy atom. The molecule has 0 radical (unpaired) electrons. The van der Waals surface area contributed by atoms with Gasteiger partial charge >= 0.3 is 6.18 Å². The van der Waals surface area contributed by atoms with Crippen LogP contribution in [0.1, 0.15) is 17.5 Å². The monoisotopic (exact) mass is 445 g/mol. The normalized spacial score (nSPS) is 20.3. The number of nitrogens with zero attached hydrogens (tertiary/aromatic N) is 2. The lowest BCUT2D eigenvalue weighted by Gasteiger charge is -2.32. The van der Waals surface area contributed by atoms with Crippen LogP contribution in [0.4, 0.5) is 18.3 Å². The van der Waals surface area contributed by atoms with Crippen molar-refractivity contribution >= 4 is 49.9 Å². The molecule has 2 aromatic carbocycles. The molecule has 1 aromatic heterocycles. The number of alkyl halides is 3. The van der Waals surface area contributed by atoms with Gasteiger partial charge in [0.2, 0.25) is 0 Å². The lowest BCUT2D eigenvalue weighted by Crippen LogP contribution is -2.44. The number of nitrogens with two attached hydrogens (primary N) is 1. The number of fused-ring (bicyclic) bond motifs is 1. The van der Waals surface area contributed by atoms with Crippen molar-refractivity contribution in [2.75, 3.05) is 18.0 Å². The summed E-state index contributed by atoms with van der Waals surface area (Å²) >= 11 is 13.4. The van der Waals surface area contributed by atoms with Gasteiger partial charge in [0, 0.05) is 29.7 Å². The van der Waals surface area contributed by atoms with Gasteiger partial charge in [0.1, 0.15) is 5.41 Å². The van der Waals surface area contributed by atoms with Crippen LogP contribution in [0.3, 0.4) is 0 Å². The summed E-state index contributed by atoms with van der Waals surface area (Å²) < 4.78 is 43.6. The molecule has 9 heteroatoms. The highest BCUT2D eigenvalue weighted by atomic mass is 35.5. The van der Waals surface area contributed by atoms with E-state index in [9.17, 15) is 13.2 Å². The first-order chi connectivity index (χ1) is 13.2. The molecular weight excluding hydrogens is 430 g/mol. The third-order valence-electron chi connectivity index (χ3n) is 5.20. The highest BCUT2D eigenvalue weighted by Gasteiger charge is 2.59. The first kappa shape index (κ1) is 19.8. The van der Waals surface area contributed by atoms with Crippen LogP contribution in [-0.4, -0.2) is 24.2 Å². The molecule has 0 amide bonds. The van der Waals surface area contributed by atoms with Gasteiger partial charge in [-0.25, -0.2) is 4.98 Å². The van der Waals surface area contributed by atoms with E-state index in [2.05, 4.69) is 4.98 Å². The van der Waals surface area contributed by atoms with Gasteiger partial charge in [0.05, 0.1) is 10.2 Å². The summed E-state index contributed by atoms with van der Waals surface area (Å²) in [6.45, 7) is 0.360. The fourth-order valence-electron chi connectivity index (χ4n) is 3.72. The third-order valence-corrected chi connectivity index (χ3v) is 6.85. The lowest BCUT2D eigenvalue weighted by atomic mass is 9.79. The molecule has 28 heavy (non-hydrogen) atoms. The Hall–Kier alpha value is -1.54. The van der Waals surface area contributed by atoms with E-state index < -0.39 is 11.6 Å². The van der Waals surface area contributed by atoms with Crippen LogP contribution in [-0.2, 0) is 12.0 Å². The molecule has 1 unspecified atom stereocenters. The molecule has 0 spiro atoms. The lowest BCUT2D eigenvalue weighted by molar-refractivity contribution is -0.184. The smallest absolute Gasteiger partial charge is 0.347 e.